The van der Waals surface area contributed by atoms with Gasteiger partial charge in [-0.2, -0.15) is 11.8 Å². The van der Waals surface area contributed by atoms with Gasteiger partial charge in [0.1, 0.15) is 5.76 Å². The van der Waals surface area contributed by atoms with Crippen molar-refractivity contribution in [2.24, 2.45) is 4.99 Å². The van der Waals surface area contributed by atoms with Crippen molar-refractivity contribution in [3.05, 3.63) is 24.2 Å². The lowest BCUT2D eigenvalue weighted by molar-refractivity contribution is 0.0776. The van der Waals surface area contributed by atoms with E-state index in [0.29, 0.717) is 13.1 Å². The smallest absolute Gasteiger partial charge is 0.194 e. The highest BCUT2D eigenvalue weighted by atomic mass is 32.2. The Hall–Kier alpha value is -1.14. The van der Waals surface area contributed by atoms with Gasteiger partial charge in [-0.25, -0.2) is 0 Å². The van der Waals surface area contributed by atoms with Crippen LogP contribution < -0.4 is 5.32 Å². The van der Waals surface area contributed by atoms with E-state index >= 15 is 0 Å². The molecule has 1 aromatic heterocycles. The summed E-state index contributed by atoms with van der Waals surface area (Å²) in [7, 11) is 1.97. The predicted octanol–water partition coefficient (Wildman–Crippen LogP) is 1.54. The minimum absolute atomic E-state index is 0.449. The van der Waals surface area contributed by atoms with Crippen molar-refractivity contribution >= 4 is 17.7 Å². The lowest BCUT2D eigenvalue weighted by Crippen LogP contribution is -2.40. The summed E-state index contributed by atoms with van der Waals surface area (Å²) in [6, 6.07) is 3.83. The summed E-state index contributed by atoms with van der Waals surface area (Å²) in [6.07, 6.45) is 2.49. The van der Waals surface area contributed by atoms with E-state index < -0.39 is 5.60 Å². The number of thioether (sulfide) groups is 1. The molecular weight excluding hydrogens is 274 g/mol. The van der Waals surface area contributed by atoms with Crippen LogP contribution in [0, 0.1) is 0 Å². The normalized spacial score (nSPS) is 23.1. The van der Waals surface area contributed by atoms with Crippen molar-refractivity contribution in [2.75, 3.05) is 31.6 Å². The van der Waals surface area contributed by atoms with Crippen LogP contribution in [0.5, 0.6) is 0 Å². The van der Waals surface area contributed by atoms with Crippen molar-refractivity contribution in [1.29, 1.82) is 0 Å². The Bertz CT molecular complexity index is 428. The molecule has 2 N–H and O–H groups in total. The van der Waals surface area contributed by atoms with E-state index in [0.717, 1.165) is 36.2 Å². The molecule has 1 saturated heterocycles. The first-order valence-corrected chi connectivity index (χ1v) is 8.10. The maximum absolute atomic E-state index is 10.4. The van der Waals surface area contributed by atoms with E-state index in [9.17, 15) is 5.11 Å². The second-order valence-electron chi connectivity index (χ2n) is 5.13. The van der Waals surface area contributed by atoms with E-state index in [1.54, 1.807) is 18.0 Å². The van der Waals surface area contributed by atoms with Gasteiger partial charge < -0.3 is 19.7 Å². The summed E-state index contributed by atoms with van der Waals surface area (Å²) in [6.45, 7) is 3.95. The molecule has 0 spiro atoms. The zero-order valence-corrected chi connectivity index (χ0v) is 12.9. The van der Waals surface area contributed by atoms with Crippen molar-refractivity contribution in [3.63, 3.8) is 0 Å². The molecule has 6 heteroatoms. The quantitative estimate of drug-likeness (QED) is 0.638. The first-order chi connectivity index (χ1) is 9.63. The van der Waals surface area contributed by atoms with Crippen LogP contribution >= 0.6 is 11.8 Å². The van der Waals surface area contributed by atoms with E-state index in [2.05, 4.69) is 10.3 Å². The van der Waals surface area contributed by atoms with Gasteiger partial charge in [0.15, 0.2) is 5.96 Å². The number of hydrogen-bond donors (Lipinski definition) is 2. The molecular formula is C14H23N3O2S. The van der Waals surface area contributed by atoms with Crippen molar-refractivity contribution in [1.82, 2.24) is 10.2 Å². The second-order valence-corrected chi connectivity index (χ2v) is 6.24. The van der Waals surface area contributed by atoms with E-state index in [4.69, 9.17) is 4.42 Å². The molecule has 0 amide bonds. The second kappa shape index (κ2) is 7.04. The Morgan fingerprint density at radius 2 is 2.50 bits per heavy atom. The molecule has 0 radical (unpaired) electrons. The molecule has 2 heterocycles. The Balaban J connectivity index is 1.97. The molecule has 5 nitrogen and oxygen atoms in total. The molecule has 1 unspecified atom stereocenters. The average molecular weight is 297 g/mol. The summed E-state index contributed by atoms with van der Waals surface area (Å²) < 4.78 is 5.35. The fraction of sp³-hybridized carbons (Fsp3) is 0.643. The maximum atomic E-state index is 10.4. The zero-order valence-electron chi connectivity index (χ0n) is 12.1. The molecule has 1 aliphatic rings. The molecule has 0 saturated carbocycles. The average Bonchev–Trinajstić information content (AvgIpc) is 3.06. The van der Waals surface area contributed by atoms with Crippen LogP contribution in [0.1, 0.15) is 19.1 Å². The third kappa shape index (κ3) is 4.18. The van der Waals surface area contributed by atoms with Crippen LogP contribution in [0.3, 0.4) is 0 Å². The van der Waals surface area contributed by atoms with Crippen LogP contribution in [-0.4, -0.2) is 53.2 Å². The van der Waals surface area contributed by atoms with Crippen molar-refractivity contribution in [3.8, 4) is 0 Å². The number of nitrogens with one attached hydrogen (secondary N) is 1. The summed E-state index contributed by atoms with van der Waals surface area (Å²) >= 11 is 1.79. The highest BCUT2D eigenvalue weighted by Crippen LogP contribution is 2.27. The molecule has 0 bridgehead atoms. The zero-order chi connectivity index (χ0) is 14.4. The molecule has 1 atom stereocenters. The highest BCUT2D eigenvalue weighted by Gasteiger charge is 2.31. The van der Waals surface area contributed by atoms with Crippen LogP contribution in [0.2, 0.25) is 0 Å². The van der Waals surface area contributed by atoms with E-state index in [-0.39, 0.29) is 0 Å². The number of nitrogens with zero attached hydrogens (tertiary/aromatic N) is 2. The SMILES string of the molecule is CCNC(=NCC1(O)CCSC1)N(C)Cc1ccco1. The Labute approximate surface area is 124 Å². The summed E-state index contributed by atoms with van der Waals surface area (Å²) in [5.74, 6) is 3.49. The number of rotatable bonds is 5. The lowest BCUT2D eigenvalue weighted by atomic mass is 10.1. The van der Waals surface area contributed by atoms with Gasteiger partial charge in [-0.1, -0.05) is 0 Å². The number of hydrogen-bond acceptors (Lipinski definition) is 4. The van der Waals surface area contributed by atoms with Gasteiger partial charge in [-0.3, -0.25) is 4.99 Å². The largest absolute Gasteiger partial charge is 0.467 e. The number of furan rings is 1. The van der Waals surface area contributed by atoms with Crippen LogP contribution in [0.25, 0.3) is 0 Å². The van der Waals surface area contributed by atoms with E-state index in [1.165, 1.54) is 0 Å². The van der Waals surface area contributed by atoms with Gasteiger partial charge in [0.05, 0.1) is 25.0 Å². The fourth-order valence-electron chi connectivity index (χ4n) is 2.12. The third-order valence-corrected chi connectivity index (χ3v) is 4.51. The molecule has 20 heavy (non-hydrogen) atoms. The van der Waals surface area contributed by atoms with Crippen molar-refractivity contribution in [2.45, 2.75) is 25.5 Å². The molecule has 0 aliphatic carbocycles. The predicted molar refractivity (Wildman–Crippen MR) is 83.0 cm³/mol. The maximum Gasteiger partial charge on any atom is 0.194 e. The Morgan fingerprint density at radius 1 is 1.65 bits per heavy atom. The van der Waals surface area contributed by atoms with Crippen LogP contribution in [-0.2, 0) is 6.54 Å². The summed E-state index contributed by atoms with van der Waals surface area (Å²) in [5, 5.41) is 13.6. The van der Waals surface area contributed by atoms with Gasteiger partial charge in [-0.05, 0) is 31.2 Å². The van der Waals surface area contributed by atoms with Gasteiger partial charge in [0.2, 0.25) is 0 Å². The van der Waals surface area contributed by atoms with Gasteiger partial charge in [-0.15, -0.1) is 0 Å². The number of guanidine groups is 1. The molecule has 1 aromatic rings. The monoisotopic (exact) mass is 297 g/mol. The third-order valence-electron chi connectivity index (χ3n) is 3.28. The van der Waals surface area contributed by atoms with Crippen LogP contribution in [0.15, 0.2) is 27.8 Å². The summed E-state index contributed by atoms with van der Waals surface area (Å²) in [4.78, 5) is 6.58. The first kappa shape index (κ1) is 15.3. The number of aliphatic imine (C=N–C) groups is 1. The van der Waals surface area contributed by atoms with Gasteiger partial charge >= 0.3 is 0 Å². The minimum atomic E-state index is -0.642. The Kier molecular flexibility index (Phi) is 5.37. The highest BCUT2D eigenvalue weighted by molar-refractivity contribution is 7.99. The molecule has 0 aromatic carbocycles. The van der Waals surface area contributed by atoms with Gasteiger partial charge in [0.25, 0.3) is 0 Å². The van der Waals surface area contributed by atoms with Crippen LogP contribution in [0.4, 0.5) is 0 Å². The first-order valence-electron chi connectivity index (χ1n) is 6.95. The molecule has 2 rings (SSSR count). The Morgan fingerprint density at radius 3 is 3.10 bits per heavy atom. The molecule has 112 valence electrons. The standard InChI is InChI=1S/C14H23N3O2S/c1-3-15-13(16-10-14(18)6-8-20-11-14)17(2)9-12-5-4-7-19-12/h4-5,7,18H,3,6,8-11H2,1-2H3,(H,15,16). The molecule has 1 aliphatic heterocycles. The topological polar surface area (TPSA) is 61.0 Å². The minimum Gasteiger partial charge on any atom is -0.467 e. The van der Waals surface area contributed by atoms with E-state index in [1.807, 2.05) is 31.0 Å². The lowest BCUT2D eigenvalue weighted by Gasteiger charge is -2.24. The fourth-order valence-corrected chi connectivity index (χ4v) is 3.41. The van der Waals surface area contributed by atoms with Gasteiger partial charge in [0, 0.05) is 19.3 Å². The molecule has 1 fully saturated rings. The number of aliphatic hydroxyl groups is 1. The summed E-state index contributed by atoms with van der Waals surface area (Å²) in [5.41, 5.74) is -0.642. The van der Waals surface area contributed by atoms with Crippen molar-refractivity contribution < 1.29 is 9.52 Å².